The minimum atomic E-state index is -0.504. The van der Waals surface area contributed by atoms with Gasteiger partial charge in [0.15, 0.2) is 11.5 Å². The van der Waals surface area contributed by atoms with E-state index in [9.17, 15) is 5.11 Å². The normalized spacial score (nSPS) is 9.75. The summed E-state index contributed by atoms with van der Waals surface area (Å²) in [6.07, 6.45) is 0. The molecule has 0 heterocycles. The highest BCUT2D eigenvalue weighted by Gasteiger charge is 2.10. The van der Waals surface area contributed by atoms with Gasteiger partial charge >= 0.3 is 0 Å². The summed E-state index contributed by atoms with van der Waals surface area (Å²) in [5.41, 5.74) is 1.06. The monoisotopic (exact) mass is 166 g/mol. The molecular formula is C9H10O3. The minimum Gasteiger partial charge on any atom is -0.504 e. The molecule has 3 nitrogen and oxygen atoms in total. The fourth-order valence-corrected chi connectivity index (χ4v) is 0.913. The van der Waals surface area contributed by atoms with Crippen molar-refractivity contribution in [3.63, 3.8) is 0 Å². The Hall–Kier alpha value is -1.64. The molecule has 0 atom stereocenters. The lowest BCUT2D eigenvalue weighted by atomic mass is 10.1. The van der Waals surface area contributed by atoms with Crippen LogP contribution < -0.4 is 0 Å². The molecular weight excluding hydrogens is 156 g/mol. The van der Waals surface area contributed by atoms with E-state index in [1.165, 1.54) is 12.1 Å². The van der Waals surface area contributed by atoms with E-state index in [4.69, 9.17) is 10.2 Å². The number of allylic oxidation sites excluding steroid dienone is 1. The van der Waals surface area contributed by atoms with Crippen molar-refractivity contribution in [3.8, 4) is 17.2 Å². The first kappa shape index (κ1) is 8.46. The topological polar surface area (TPSA) is 60.7 Å². The van der Waals surface area contributed by atoms with Gasteiger partial charge in [-0.3, -0.25) is 0 Å². The van der Waals surface area contributed by atoms with Crippen molar-refractivity contribution in [1.29, 1.82) is 0 Å². The fraction of sp³-hybridized carbons (Fsp3) is 0.111. The molecule has 0 aliphatic heterocycles. The maximum atomic E-state index is 9.28. The summed E-state index contributed by atoms with van der Waals surface area (Å²) in [6.45, 7) is 5.30. The molecule has 12 heavy (non-hydrogen) atoms. The average molecular weight is 166 g/mol. The number of phenolic OH excluding ortho intramolecular Hbond substituents is 3. The number of rotatable bonds is 1. The number of benzene rings is 1. The SMILES string of the molecule is C=C(C)c1ccc(O)c(O)c1O. The number of phenols is 3. The molecule has 0 aliphatic rings. The van der Waals surface area contributed by atoms with E-state index in [-0.39, 0.29) is 11.5 Å². The predicted molar refractivity (Wildman–Crippen MR) is 46.1 cm³/mol. The summed E-state index contributed by atoms with van der Waals surface area (Å²) >= 11 is 0. The lowest BCUT2D eigenvalue weighted by Gasteiger charge is -2.06. The number of hydrogen-bond acceptors (Lipinski definition) is 3. The van der Waals surface area contributed by atoms with E-state index in [2.05, 4.69) is 6.58 Å². The maximum absolute atomic E-state index is 9.28. The molecule has 0 saturated carbocycles. The third kappa shape index (κ3) is 1.21. The quantitative estimate of drug-likeness (QED) is 0.558. The molecule has 0 aliphatic carbocycles. The first-order valence-corrected chi connectivity index (χ1v) is 3.44. The van der Waals surface area contributed by atoms with Crippen LogP contribution in [0.5, 0.6) is 17.2 Å². The van der Waals surface area contributed by atoms with Crippen LogP contribution >= 0.6 is 0 Å². The molecule has 1 aromatic rings. The third-order valence-corrected chi connectivity index (χ3v) is 1.59. The van der Waals surface area contributed by atoms with Gasteiger partial charge in [0.2, 0.25) is 5.75 Å². The Morgan fingerprint density at radius 2 is 1.75 bits per heavy atom. The van der Waals surface area contributed by atoms with Gasteiger partial charge in [0.25, 0.3) is 0 Å². The Morgan fingerprint density at radius 3 is 2.25 bits per heavy atom. The molecule has 64 valence electrons. The van der Waals surface area contributed by atoms with Crippen LogP contribution in [0.15, 0.2) is 18.7 Å². The van der Waals surface area contributed by atoms with Crippen LogP contribution in [-0.2, 0) is 0 Å². The summed E-state index contributed by atoms with van der Waals surface area (Å²) in [4.78, 5) is 0. The van der Waals surface area contributed by atoms with Gasteiger partial charge in [-0.1, -0.05) is 6.58 Å². The molecule has 1 aromatic carbocycles. The second-order valence-electron chi connectivity index (χ2n) is 2.61. The van der Waals surface area contributed by atoms with E-state index < -0.39 is 5.75 Å². The molecule has 0 saturated heterocycles. The van der Waals surface area contributed by atoms with Crippen molar-refractivity contribution in [2.75, 3.05) is 0 Å². The van der Waals surface area contributed by atoms with E-state index in [1.807, 2.05) is 0 Å². The molecule has 3 heteroatoms. The van der Waals surface area contributed by atoms with Gasteiger partial charge in [0, 0.05) is 5.56 Å². The van der Waals surface area contributed by atoms with E-state index in [0.29, 0.717) is 11.1 Å². The van der Waals surface area contributed by atoms with E-state index >= 15 is 0 Å². The number of aromatic hydroxyl groups is 3. The van der Waals surface area contributed by atoms with Gasteiger partial charge in [0.05, 0.1) is 0 Å². The second kappa shape index (κ2) is 2.77. The van der Waals surface area contributed by atoms with Crippen LogP contribution in [0, 0.1) is 0 Å². The summed E-state index contributed by atoms with van der Waals surface area (Å²) < 4.78 is 0. The lowest BCUT2D eigenvalue weighted by Crippen LogP contribution is -1.80. The molecule has 0 radical (unpaired) electrons. The van der Waals surface area contributed by atoms with Crippen LogP contribution in [0.1, 0.15) is 12.5 Å². The lowest BCUT2D eigenvalue weighted by molar-refractivity contribution is 0.367. The van der Waals surface area contributed by atoms with Gasteiger partial charge in [-0.05, 0) is 24.6 Å². The first-order valence-electron chi connectivity index (χ1n) is 3.44. The second-order valence-corrected chi connectivity index (χ2v) is 2.61. The van der Waals surface area contributed by atoms with E-state index in [1.54, 1.807) is 6.92 Å². The van der Waals surface area contributed by atoms with E-state index in [0.717, 1.165) is 0 Å². The third-order valence-electron chi connectivity index (χ3n) is 1.59. The molecule has 0 bridgehead atoms. The highest BCUT2D eigenvalue weighted by atomic mass is 16.3. The Labute approximate surface area is 70.2 Å². The fourth-order valence-electron chi connectivity index (χ4n) is 0.913. The standard InChI is InChI=1S/C9H10O3/c1-5(2)6-3-4-7(10)9(12)8(6)11/h3-4,10-12H,1H2,2H3. The largest absolute Gasteiger partial charge is 0.504 e. The van der Waals surface area contributed by atoms with Crippen molar-refractivity contribution in [2.45, 2.75) is 6.92 Å². The van der Waals surface area contributed by atoms with Gasteiger partial charge < -0.3 is 15.3 Å². The highest BCUT2D eigenvalue weighted by molar-refractivity contribution is 5.71. The molecule has 0 fully saturated rings. The van der Waals surface area contributed by atoms with Crippen molar-refractivity contribution in [3.05, 3.63) is 24.3 Å². The molecule has 0 amide bonds. The zero-order valence-electron chi connectivity index (χ0n) is 6.70. The number of hydrogen-bond donors (Lipinski definition) is 3. The Balaban J connectivity index is 3.36. The zero-order chi connectivity index (χ0) is 9.30. The minimum absolute atomic E-state index is 0.331. The van der Waals surface area contributed by atoms with Gasteiger partial charge in [-0.2, -0.15) is 0 Å². The Morgan fingerprint density at radius 1 is 1.17 bits per heavy atom. The van der Waals surface area contributed by atoms with Crippen LogP contribution in [0.4, 0.5) is 0 Å². The summed E-state index contributed by atoms with van der Waals surface area (Å²) in [5, 5.41) is 27.3. The maximum Gasteiger partial charge on any atom is 0.200 e. The highest BCUT2D eigenvalue weighted by Crippen LogP contribution is 2.39. The Bertz CT molecular complexity index is 329. The smallest absolute Gasteiger partial charge is 0.200 e. The van der Waals surface area contributed by atoms with Crippen LogP contribution in [-0.4, -0.2) is 15.3 Å². The van der Waals surface area contributed by atoms with Crippen LogP contribution in [0.25, 0.3) is 5.57 Å². The van der Waals surface area contributed by atoms with Crippen molar-refractivity contribution >= 4 is 5.57 Å². The average Bonchev–Trinajstić information content (AvgIpc) is 2.00. The Kier molecular flexibility index (Phi) is 1.95. The molecule has 0 unspecified atom stereocenters. The van der Waals surface area contributed by atoms with Crippen molar-refractivity contribution in [1.82, 2.24) is 0 Å². The van der Waals surface area contributed by atoms with Crippen molar-refractivity contribution in [2.24, 2.45) is 0 Å². The molecule has 0 spiro atoms. The van der Waals surface area contributed by atoms with Crippen molar-refractivity contribution < 1.29 is 15.3 Å². The summed E-state index contributed by atoms with van der Waals surface area (Å²) in [5.74, 6) is -1.17. The van der Waals surface area contributed by atoms with Gasteiger partial charge in [-0.15, -0.1) is 0 Å². The molecule has 0 aromatic heterocycles. The summed E-state index contributed by atoms with van der Waals surface area (Å²) in [6, 6.07) is 2.80. The molecule has 3 N–H and O–H groups in total. The molecule has 1 rings (SSSR count). The predicted octanol–water partition coefficient (Wildman–Crippen LogP) is 1.84. The first-order chi connectivity index (χ1) is 5.54. The van der Waals surface area contributed by atoms with Crippen LogP contribution in [0.2, 0.25) is 0 Å². The van der Waals surface area contributed by atoms with Crippen LogP contribution in [0.3, 0.4) is 0 Å². The van der Waals surface area contributed by atoms with Gasteiger partial charge in [0.1, 0.15) is 0 Å². The summed E-state index contributed by atoms with van der Waals surface area (Å²) in [7, 11) is 0. The zero-order valence-corrected chi connectivity index (χ0v) is 6.70. The van der Waals surface area contributed by atoms with Gasteiger partial charge in [-0.25, -0.2) is 0 Å².